The molecule has 26 heavy (non-hydrogen) atoms. The van der Waals surface area contributed by atoms with E-state index in [2.05, 4.69) is 36.8 Å². The lowest BCUT2D eigenvalue weighted by Crippen LogP contribution is -2.00. The molecule has 0 aliphatic carbocycles. The second kappa shape index (κ2) is 10.8. The van der Waals surface area contributed by atoms with Gasteiger partial charge in [0, 0.05) is 0 Å². The van der Waals surface area contributed by atoms with Crippen LogP contribution in [0.25, 0.3) is 11.1 Å². The van der Waals surface area contributed by atoms with Crippen molar-refractivity contribution in [3.05, 3.63) is 70.8 Å². The minimum Gasteiger partial charge on any atom is -0.192 e. The average Bonchev–Trinajstić information content (AvgIpc) is 2.69. The third kappa shape index (κ3) is 4.94. The van der Waals surface area contributed by atoms with Crippen molar-refractivity contribution in [2.75, 3.05) is 24.0 Å². The van der Waals surface area contributed by atoms with Crippen LogP contribution in [-0.2, 0) is 12.8 Å². The monoisotopic (exact) mass is 378 g/mol. The Labute approximate surface area is 164 Å². The molecule has 0 bridgehead atoms. The van der Waals surface area contributed by atoms with Crippen molar-refractivity contribution >= 4 is 34.7 Å². The summed E-state index contributed by atoms with van der Waals surface area (Å²) < 4.78 is 0. The molecule has 0 spiro atoms. The average molecular weight is 379 g/mol. The van der Waals surface area contributed by atoms with Gasteiger partial charge in [-0.15, -0.1) is 0 Å². The van der Waals surface area contributed by atoms with Crippen LogP contribution in [0.3, 0.4) is 0 Å². The van der Waals surface area contributed by atoms with Crippen LogP contribution in [0.4, 0.5) is 0 Å². The summed E-state index contributed by atoms with van der Waals surface area (Å²) in [4.78, 5) is 0. The first-order valence-electron chi connectivity index (χ1n) is 8.45. The molecule has 2 nitrogen and oxygen atoms in total. The summed E-state index contributed by atoms with van der Waals surface area (Å²) in [6, 6.07) is 20.5. The van der Waals surface area contributed by atoms with E-state index in [0.29, 0.717) is 11.1 Å². The number of rotatable bonds is 8. The van der Waals surface area contributed by atoms with Crippen molar-refractivity contribution in [2.45, 2.75) is 12.8 Å². The molecule has 0 saturated heterocycles. The summed E-state index contributed by atoms with van der Waals surface area (Å²) in [6.07, 6.45) is 5.92. The number of nitrogens with zero attached hydrogens (tertiary/aromatic N) is 2. The van der Waals surface area contributed by atoms with Crippen molar-refractivity contribution in [1.82, 2.24) is 0 Å². The number of hydrogen-bond acceptors (Lipinski definition) is 4. The SMILES string of the molecule is CSCCc1ccccc1/C(C#N)=C(\C#N)c1ccccc1CCSC. The molecule has 132 valence electrons. The molecular formula is C22H22N2S2. The predicted octanol–water partition coefficient (Wildman–Crippen LogP) is 5.46. The molecule has 0 heterocycles. The van der Waals surface area contributed by atoms with Crippen LogP contribution in [0.15, 0.2) is 48.5 Å². The Balaban J connectivity index is 2.61. The number of allylic oxidation sites excluding steroid dienone is 2. The highest BCUT2D eigenvalue weighted by molar-refractivity contribution is 7.98. The largest absolute Gasteiger partial charge is 0.192 e. The Morgan fingerprint density at radius 3 is 1.46 bits per heavy atom. The number of thioether (sulfide) groups is 2. The number of nitriles is 2. The standard InChI is InChI=1S/C22H22N2S2/c1-25-13-11-17-7-3-5-9-19(17)21(15-23)22(16-24)20-10-6-4-8-18(20)12-14-26-2/h3-10H,11-14H2,1-2H3/b22-21+. The van der Waals surface area contributed by atoms with Crippen LogP contribution in [0.5, 0.6) is 0 Å². The van der Waals surface area contributed by atoms with E-state index in [1.807, 2.05) is 36.4 Å². The zero-order valence-corrected chi connectivity index (χ0v) is 16.8. The van der Waals surface area contributed by atoms with Crippen molar-refractivity contribution < 1.29 is 0 Å². The van der Waals surface area contributed by atoms with Crippen LogP contribution in [-0.4, -0.2) is 24.0 Å². The molecule has 0 aromatic heterocycles. The summed E-state index contributed by atoms with van der Waals surface area (Å²) in [5, 5.41) is 19.8. The van der Waals surface area contributed by atoms with E-state index in [9.17, 15) is 10.5 Å². The van der Waals surface area contributed by atoms with Crippen LogP contribution in [0, 0.1) is 22.7 Å². The molecule has 0 radical (unpaired) electrons. The molecule has 4 heteroatoms. The summed E-state index contributed by atoms with van der Waals surface area (Å²) in [5.41, 5.74) is 4.93. The highest BCUT2D eigenvalue weighted by atomic mass is 32.2. The van der Waals surface area contributed by atoms with Gasteiger partial charge in [-0.25, -0.2) is 0 Å². The van der Waals surface area contributed by atoms with E-state index >= 15 is 0 Å². The Hall–Kier alpha value is -2.14. The molecule has 2 aromatic rings. The molecule has 0 atom stereocenters. The number of hydrogen-bond donors (Lipinski definition) is 0. The molecule has 0 unspecified atom stereocenters. The molecule has 0 aliphatic rings. The first-order chi connectivity index (χ1) is 12.8. The fourth-order valence-corrected chi connectivity index (χ4v) is 3.74. The third-order valence-corrected chi connectivity index (χ3v) is 5.42. The number of benzene rings is 2. The maximum Gasteiger partial charge on any atom is 0.101 e. The summed E-state index contributed by atoms with van der Waals surface area (Å²) >= 11 is 3.56. The molecule has 0 saturated carbocycles. The fourth-order valence-electron chi connectivity index (χ4n) is 2.89. The summed E-state index contributed by atoms with van der Waals surface area (Å²) in [5.74, 6) is 1.98. The maximum absolute atomic E-state index is 9.89. The second-order valence-electron chi connectivity index (χ2n) is 5.77. The lowest BCUT2D eigenvalue weighted by atomic mass is 9.90. The summed E-state index contributed by atoms with van der Waals surface area (Å²) in [7, 11) is 0. The Morgan fingerprint density at radius 1 is 0.731 bits per heavy atom. The molecular weight excluding hydrogens is 356 g/mol. The van der Waals surface area contributed by atoms with E-state index in [-0.39, 0.29) is 0 Å². The fraction of sp³-hybridized carbons (Fsp3) is 0.273. The van der Waals surface area contributed by atoms with E-state index < -0.39 is 0 Å². The summed E-state index contributed by atoms with van der Waals surface area (Å²) in [6.45, 7) is 0. The van der Waals surface area contributed by atoms with Crippen molar-refractivity contribution in [3.8, 4) is 12.1 Å². The molecule has 0 fully saturated rings. The lowest BCUT2D eigenvalue weighted by molar-refractivity contribution is 1.14. The smallest absolute Gasteiger partial charge is 0.101 e. The van der Waals surface area contributed by atoms with Gasteiger partial charge >= 0.3 is 0 Å². The van der Waals surface area contributed by atoms with E-state index in [1.165, 1.54) is 0 Å². The lowest BCUT2D eigenvalue weighted by Gasteiger charge is -2.13. The zero-order chi connectivity index (χ0) is 18.8. The van der Waals surface area contributed by atoms with E-state index in [4.69, 9.17) is 0 Å². The van der Waals surface area contributed by atoms with Gasteiger partial charge in [-0.3, -0.25) is 0 Å². The molecule has 0 aliphatic heterocycles. The highest BCUT2D eigenvalue weighted by Gasteiger charge is 2.16. The van der Waals surface area contributed by atoms with Gasteiger partial charge in [0.2, 0.25) is 0 Å². The van der Waals surface area contributed by atoms with Crippen molar-refractivity contribution in [3.63, 3.8) is 0 Å². The van der Waals surface area contributed by atoms with Gasteiger partial charge in [-0.2, -0.15) is 34.0 Å². The van der Waals surface area contributed by atoms with Gasteiger partial charge in [0.1, 0.15) is 12.1 Å². The normalized spacial score (nSPS) is 11.4. The van der Waals surface area contributed by atoms with Gasteiger partial charge in [-0.05, 0) is 59.1 Å². The Kier molecular flexibility index (Phi) is 8.35. The van der Waals surface area contributed by atoms with E-state index in [1.54, 1.807) is 23.5 Å². The van der Waals surface area contributed by atoms with Gasteiger partial charge < -0.3 is 0 Å². The van der Waals surface area contributed by atoms with Gasteiger partial charge in [0.25, 0.3) is 0 Å². The Bertz CT molecular complexity index is 785. The number of aryl methyl sites for hydroxylation is 2. The first-order valence-corrected chi connectivity index (χ1v) is 11.2. The quantitative estimate of drug-likeness (QED) is 0.452. The minimum atomic E-state index is 0.473. The zero-order valence-electron chi connectivity index (χ0n) is 15.2. The van der Waals surface area contributed by atoms with Crippen LogP contribution in [0.2, 0.25) is 0 Å². The van der Waals surface area contributed by atoms with Crippen LogP contribution >= 0.6 is 23.5 Å². The van der Waals surface area contributed by atoms with Crippen LogP contribution in [0.1, 0.15) is 22.3 Å². The maximum atomic E-state index is 9.89. The van der Waals surface area contributed by atoms with E-state index in [0.717, 1.165) is 46.6 Å². The van der Waals surface area contributed by atoms with Gasteiger partial charge in [-0.1, -0.05) is 48.5 Å². The predicted molar refractivity (Wildman–Crippen MR) is 115 cm³/mol. The first kappa shape index (κ1) is 20.2. The van der Waals surface area contributed by atoms with Gasteiger partial charge in [0.05, 0.1) is 11.1 Å². The van der Waals surface area contributed by atoms with Crippen molar-refractivity contribution in [1.29, 1.82) is 10.5 Å². The van der Waals surface area contributed by atoms with Crippen LogP contribution < -0.4 is 0 Å². The van der Waals surface area contributed by atoms with Gasteiger partial charge in [0.15, 0.2) is 0 Å². The molecule has 2 rings (SSSR count). The second-order valence-corrected chi connectivity index (χ2v) is 7.74. The topological polar surface area (TPSA) is 47.6 Å². The molecule has 2 aromatic carbocycles. The minimum absolute atomic E-state index is 0.473. The van der Waals surface area contributed by atoms with Crippen molar-refractivity contribution in [2.24, 2.45) is 0 Å². The molecule has 0 amide bonds. The Morgan fingerprint density at radius 2 is 1.12 bits per heavy atom. The third-order valence-electron chi connectivity index (χ3n) is 4.20. The highest BCUT2D eigenvalue weighted by Crippen LogP contribution is 2.30. The molecule has 0 N–H and O–H groups in total.